The lowest BCUT2D eigenvalue weighted by Gasteiger charge is -2.34. The summed E-state index contributed by atoms with van der Waals surface area (Å²) in [5.74, 6) is -3.69. The summed E-state index contributed by atoms with van der Waals surface area (Å²) in [6, 6.07) is 15.2. The van der Waals surface area contributed by atoms with Gasteiger partial charge in [0.2, 0.25) is 21.8 Å². The first-order valence-electron chi connectivity index (χ1n) is 12.4. The molecule has 40 heavy (non-hydrogen) atoms. The summed E-state index contributed by atoms with van der Waals surface area (Å²) < 4.78 is 53.7. The Morgan fingerprint density at radius 2 is 1.60 bits per heavy atom. The van der Waals surface area contributed by atoms with Crippen LogP contribution in [0.25, 0.3) is 0 Å². The summed E-state index contributed by atoms with van der Waals surface area (Å²) in [5.41, 5.74) is 0.863. The number of hydrogen-bond acceptors (Lipinski definition) is 4. The van der Waals surface area contributed by atoms with Crippen LogP contribution >= 0.6 is 23.2 Å². The fourth-order valence-corrected chi connectivity index (χ4v) is 5.39. The van der Waals surface area contributed by atoms with E-state index in [4.69, 9.17) is 23.2 Å². The highest BCUT2D eigenvalue weighted by molar-refractivity contribution is 7.92. The predicted octanol–water partition coefficient (Wildman–Crippen LogP) is 5.20. The molecule has 0 saturated carbocycles. The molecule has 12 heteroatoms. The van der Waals surface area contributed by atoms with Gasteiger partial charge in [-0.2, -0.15) is 0 Å². The van der Waals surface area contributed by atoms with Gasteiger partial charge in [0, 0.05) is 41.2 Å². The van der Waals surface area contributed by atoms with Crippen LogP contribution in [0.5, 0.6) is 0 Å². The number of halogens is 4. The number of carbonyl (C=O) groups excluding carboxylic acids is 2. The van der Waals surface area contributed by atoms with Crippen molar-refractivity contribution in [1.82, 2.24) is 10.2 Å². The zero-order valence-corrected chi connectivity index (χ0v) is 24.2. The summed E-state index contributed by atoms with van der Waals surface area (Å²) in [7, 11) is -4.14. The van der Waals surface area contributed by atoms with E-state index in [1.165, 1.54) is 4.90 Å². The molecule has 0 radical (unpaired) electrons. The Hall–Kier alpha value is -3.21. The molecule has 3 aromatic carbocycles. The molecule has 0 aliphatic rings. The van der Waals surface area contributed by atoms with Gasteiger partial charge in [-0.1, -0.05) is 66.5 Å². The summed E-state index contributed by atoms with van der Waals surface area (Å²) in [6.07, 6.45) is 1.59. The van der Waals surface area contributed by atoms with Gasteiger partial charge in [-0.05, 0) is 36.2 Å². The second-order valence-corrected chi connectivity index (χ2v) is 11.8. The van der Waals surface area contributed by atoms with Crippen molar-refractivity contribution in [3.8, 4) is 0 Å². The van der Waals surface area contributed by atoms with E-state index in [9.17, 15) is 26.8 Å². The van der Waals surface area contributed by atoms with Gasteiger partial charge in [-0.3, -0.25) is 13.9 Å². The summed E-state index contributed by atoms with van der Waals surface area (Å²) in [5, 5.41) is 3.31. The quantitative estimate of drug-likeness (QED) is 0.305. The van der Waals surface area contributed by atoms with E-state index in [1.807, 2.05) is 13.0 Å². The molecule has 2 amide bonds. The van der Waals surface area contributed by atoms with Crippen LogP contribution in [0.4, 0.5) is 14.5 Å². The van der Waals surface area contributed by atoms with E-state index in [0.29, 0.717) is 28.9 Å². The van der Waals surface area contributed by atoms with Crippen LogP contribution in [0.15, 0.2) is 66.7 Å². The van der Waals surface area contributed by atoms with Crippen molar-refractivity contribution in [2.45, 2.75) is 32.4 Å². The second kappa shape index (κ2) is 13.9. The van der Waals surface area contributed by atoms with Crippen LogP contribution in [0, 0.1) is 11.6 Å². The maximum Gasteiger partial charge on any atom is 0.244 e. The number of amides is 2. The minimum Gasteiger partial charge on any atom is -0.354 e. The van der Waals surface area contributed by atoms with Gasteiger partial charge in [0.15, 0.2) is 11.6 Å². The molecular formula is C28H29Cl2F2N3O4S. The smallest absolute Gasteiger partial charge is 0.244 e. The first-order chi connectivity index (χ1) is 18.9. The molecule has 1 atom stereocenters. The van der Waals surface area contributed by atoms with Crippen LogP contribution in [-0.4, -0.2) is 50.5 Å². The Balaban J connectivity index is 2.10. The first kappa shape index (κ1) is 31.3. The van der Waals surface area contributed by atoms with Gasteiger partial charge in [-0.25, -0.2) is 17.2 Å². The third kappa shape index (κ3) is 8.16. The zero-order chi connectivity index (χ0) is 29.4. The molecule has 0 heterocycles. The lowest BCUT2D eigenvalue weighted by Crippen LogP contribution is -2.53. The highest BCUT2D eigenvalue weighted by Gasteiger charge is 2.33. The van der Waals surface area contributed by atoms with Crippen LogP contribution < -0.4 is 9.62 Å². The summed E-state index contributed by atoms with van der Waals surface area (Å²) in [4.78, 5) is 28.6. The van der Waals surface area contributed by atoms with Crippen molar-refractivity contribution < 1.29 is 26.8 Å². The van der Waals surface area contributed by atoms with E-state index in [-0.39, 0.29) is 28.7 Å². The summed E-state index contributed by atoms with van der Waals surface area (Å²) in [6.45, 7) is 1.22. The van der Waals surface area contributed by atoms with Crippen molar-refractivity contribution in [1.29, 1.82) is 0 Å². The molecule has 0 bridgehead atoms. The molecule has 0 spiro atoms. The number of benzene rings is 3. The van der Waals surface area contributed by atoms with Crippen LogP contribution in [0.3, 0.4) is 0 Å². The van der Waals surface area contributed by atoms with Gasteiger partial charge < -0.3 is 10.2 Å². The Labute approximate surface area is 242 Å². The molecule has 0 aliphatic heterocycles. The second-order valence-electron chi connectivity index (χ2n) is 9.09. The fourth-order valence-electron chi connectivity index (χ4n) is 4.03. The highest BCUT2D eigenvalue weighted by atomic mass is 35.5. The van der Waals surface area contributed by atoms with Gasteiger partial charge in [0.1, 0.15) is 12.6 Å². The van der Waals surface area contributed by atoms with E-state index in [1.54, 1.807) is 42.5 Å². The number of sulfonamides is 1. The Kier molecular flexibility index (Phi) is 10.9. The van der Waals surface area contributed by atoms with Crippen molar-refractivity contribution in [3.05, 3.63) is 99.5 Å². The normalized spacial score (nSPS) is 12.1. The largest absolute Gasteiger partial charge is 0.354 e. The fraction of sp³-hybridized carbons (Fsp3) is 0.286. The number of nitrogens with one attached hydrogen (secondary N) is 1. The summed E-state index contributed by atoms with van der Waals surface area (Å²) >= 11 is 12.8. The monoisotopic (exact) mass is 611 g/mol. The lowest BCUT2D eigenvalue weighted by atomic mass is 10.0. The van der Waals surface area contributed by atoms with Crippen molar-refractivity contribution in [3.63, 3.8) is 0 Å². The van der Waals surface area contributed by atoms with Gasteiger partial charge in [-0.15, -0.1) is 0 Å². The molecule has 1 unspecified atom stereocenters. The Morgan fingerprint density at radius 3 is 2.17 bits per heavy atom. The number of carbonyl (C=O) groups is 2. The number of nitrogens with zero attached hydrogens (tertiary/aromatic N) is 2. The third-order valence-corrected chi connectivity index (χ3v) is 7.93. The maximum absolute atomic E-state index is 14.0. The number of hydrogen-bond donors (Lipinski definition) is 1. The molecule has 7 nitrogen and oxygen atoms in total. The minimum atomic E-state index is -4.14. The van der Waals surface area contributed by atoms with Crippen molar-refractivity contribution in [2.75, 3.05) is 23.7 Å². The minimum absolute atomic E-state index is 0.105. The molecule has 3 aromatic rings. The van der Waals surface area contributed by atoms with Gasteiger partial charge >= 0.3 is 0 Å². The van der Waals surface area contributed by atoms with Crippen LogP contribution in [0.1, 0.15) is 24.5 Å². The van der Waals surface area contributed by atoms with E-state index < -0.39 is 46.1 Å². The third-order valence-electron chi connectivity index (χ3n) is 6.08. The lowest BCUT2D eigenvalue weighted by molar-refractivity contribution is -0.140. The van der Waals surface area contributed by atoms with Crippen LogP contribution in [-0.2, 0) is 32.6 Å². The SMILES string of the molecule is CCCNC(=O)C(Cc1ccccc1)N(Cc1c(Cl)cccc1Cl)C(=O)CN(c1ccc(F)c(F)c1)S(C)(=O)=O. The molecule has 0 aromatic heterocycles. The molecule has 3 rings (SSSR count). The van der Waals surface area contributed by atoms with E-state index >= 15 is 0 Å². The van der Waals surface area contributed by atoms with E-state index in [0.717, 1.165) is 24.0 Å². The first-order valence-corrected chi connectivity index (χ1v) is 15.0. The standard InChI is InChI=1S/C28H29Cl2F2N3O4S/c1-3-14-33-28(37)26(15-19-8-5-4-6-9-19)34(17-21-22(29)10-7-11-23(21)30)27(36)18-35(40(2,38)39)20-12-13-24(31)25(32)16-20/h4-13,16,26H,3,14-15,17-18H2,1-2H3,(H,33,37). The van der Waals surface area contributed by atoms with Crippen molar-refractivity contribution in [2.24, 2.45) is 0 Å². The molecule has 1 N–H and O–H groups in total. The average Bonchev–Trinajstić information content (AvgIpc) is 2.90. The van der Waals surface area contributed by atoms with Crippen molar-refractivity contribution >= 4 is 50.7 Å². The highest BCUT2D eigenvalue weighted by Crippen LogP contribution is 2.28. The molecule has 0 aliphatic carbocycles. The molecule has 0 saturated heterocycles. The maximum atomic E-state index is 14.0. The number of anilines is 1. The predicted molar refractivity (Wildman–Crippen MR) is 153 cm³/mol. The Morgan fingerprint density at radius 1 is 0.950 bits per heavy atom. The average molecular weight is 613 g/mol. The van der Waals surface area contributed by atoms with E-state index in [2.05, 4.69) is 5.32 Å². The Bertz CT molecular complexity index is 1440. The van der Waals surface area contributed by atoms with Crippen LogP contribution in [0.2, 0.25) is 10.0 Å². The molecule has 214 valence electrons. The molecular weight excluding hydrogens is 583 g/mol. The number of rotatable bonds is 12. The van der Waals surface area contributed by atoms with Gasteiger partial charge in [0.25, 0.3) is 0 Å². The van der Waals surface area contributed by atoms with Gasteiger partial charge in [0.05, 0.1) is 11.9 Å². The topological polar surface area (TPSA) is 86.8 Å². The molecule has 0 fully saturated rings. The zero-order valence-electron chi connectivity index (χ0n) is 21.9.